The minimum Gasteiger partial charge on any atom is -0.293 e. The zero-order chi connectivity index (χ0) is 12.6. The Labute approximate surface area is 107 Å². The highest BCUT2D eigenvalue weighted by Crippen LogP contribution is 2.50. The SMILES string of the molecule is Cc1ccc(C(=O)C2(c3ccccc3)CC2)cc1. The van der Waals surface area contributed by atoms with Gasteiger partial charge in [-0.1, -0.05) is 60.2 Å². The van der Waals surface area contributed by atoms with Gasteiger partial charge in [-0.15, -0.1) is 0 Å². The number of hydrogen-bond acceptors (Lipinski definition) is 1. The Balaban J connectivity index is 1.96. The summed E-state index contributed by atoms with van der Waals surface area (Å²) < 4.78 is 0. The van der Waals surface area contributed by atoms with Gasteiger partial charge in [0.2, 0.25) is 0 Å². The first kappa shape index (κ1) is 11.2. The molecule has 0 radical (unpaired) electrons. The summed E-state index contributed by atoms with van der Waals surface area (Å²) >= 11 is 0. The van der Waals surface area contributed by atoms with E-state index in [1.54, 1.807) is 0 Å². The van der Waals surface area contributed by atoms with Crippen molar-refractivity contribution in [1.29, 1.82) is 0 Å². The molecule has 1 aliphatic carbocycles. The molecule has 1 aliphatic rings. The van der Waals surface area contributed by atoms with Crippen LogP contribution < -0.4 is 0 Å². The lowest BCUT2D eigenvalue weighted by molar-refractivity contribution is 0.0946. The van der Waals surface area contributed by atoms with Gasteiger partial charge in [0.25, 0.3) is 0 Å². The lowest BCUT2D eigenvalue weighted by atomic mass is 9.87. The van der Waals surface area contributed by atoms with Crippen LogP contribution in [-0.4, -0.2) is 5.78 Å². The van der Waals surface area contributed by atoms with Crippen LogP contribution >= 0.6 is 0 Å². The number of Topliss-reactive ketones (excluding diaryl/α,β-unsaturated/α-hetero) is 1. The molecule has 0 unspecified atom stereocenters. The van der Waals surface area contributed by atoms with Crippen molar-refractivity contribution in [2.24, 2.45) is 0 Å². The van der Waals surface area contributed by atoms with E-state index in [1.807, 2.05) is 49.4 Å². The maximum absolute atomic E-state index is 12.6. The fourth-order valence-electron chi connectivity index (χ4n) is 2.51. The van der Waals surface area contributed by atoms with Crippen LogP contribution in [0.5, 0.6) is 0 Å². The van der Waals surface area contributed by atoms with Crippen LogP contribution in [0.15, 0.2) is 54.6 Å². The summed E-state index contributed by atoms with van der Waals surface area (Å²) in [4.78, 5) is 12.6. The highest BCUT2D eigenvalue weighted by molar-refractivity contribution is 6.06. The maximum Gasteiger partial charge on any atom is 0.173 e. The highest BCUT2D eigenvalue weighted by atomic mass is 16.1. The largest absolute Gasteiger partial charge is 0.293 e. The molecule has 2 aromatic rings. The number of hydrogen-bond donors (Lipinski definition) is 0. The topological polar surface area (TPSA) is 17.1 Å². The second-order valence-electron chi connectivity index (χ2n) is 5.14. The fraction of sp³-hybridized carbons (Fsp3) is 0.235. The van der Waals surface area contributed by atoms with Gasteiger partial charge in [0.1, 0.15) is 0 Å². The predicted molar refractivity (Wildman–Crippen MR) is 72.9 cm³/mol. The molecule has 0 spiro atoms. The first-order chi connectivity index (χ1) is 8.72. The summed E-state index contributed by atoms with van der Waals surface area (Å²) in [6.45, 7) is 2.04. The molecule has 1 fully saturated rings. The lowest BCUT2D eigenvalue weighted by Crippen LogP contribution is -2.20. The van der Waals surface area contributed by atoms with E-state index >= 15 is 0 Å². The first-order valence-corrected chi connectivity index (χ1v) is 6.39. The Morgan fingerprint density at radius 1 is 0.944 bits per heavy atom. The molecule has 0 heterocycles. The minimum atomic E-state index is -0.240. The summed E-state index contributed by atoms with van der Waals surface area (Å²) in [6.07, 6.45) is 1.95. The van der Waals surface area contributed by atoms with E-state index in [9.17, 15) is 4.79 Å². The number of carbonyl (C=O) groups is 1. The second-order valence-corrected chi connectivity index (χ2v) is 5.14. The monoisotopic (exact) mass is 236 g/mol. The number of aryl methyl sites for hydroxylation is 1. The normalized spacial score (nSPS) is 16.3. The molecule has 1 saturated carbocycles. The van der Waals surface area contributed by atoms with Crippen LogP contribution in [0.2, 0.25) is 0 Å². The van der Waals surface area contributed by atoms with E-state index in [2.05, 4.69) is 12.1 Å². The van der Waals surface area contributed by atoms with Gasteiger partial charge in [0, 0.05) is 5.56 Å². The van der Waals surface area contributed by atoms with Gasteiger partial charge in [-0.3, -0.25) is 4.79 Å². The van der Waals surface area contributed by atoms with Gasteiger partial charge >= 0.3 is 0 Å². The van der Waals surface area contributed by atoms with Crippen molar-refractivity contribution in [3.8, 4) is 0 Å². The predicted octanol–water partition coefficient (Wildman–Crippen LogP) is 3.91. The molecule has 90 valence electrons. The molecule has 2 aromatic carbocycles. The quantitative estimate of drug-likeness (QED) is 0.738. The molecular formula is C17H16O. The van der Waals surface area contributed by atoms with Gasteiger partial charge in [-0.2, -0.15) is 0 Å². The zero-order valence-corrected chi connectivity index (χ0v) is 10.5. The third kappa shape index (κ3) is 1.76. The van der Waals surface area contributed by atoms with Crippen molar-refractivity contribution in [3.05, 3.63) is 71.3 Å². The van der Waals surface area contributed by atoms with E-state index < -0.39 is 0 Å². The Kier molecular flexibility index (Phi) is 2.55. The Hall–Kier alpha value is -1.89. The summed E-state index contributed by atoms with van der Waals surface area (Å²) in [5.41, 5.74) is 2.95. The summed E-state index contributed by atoms with van der Waals surface area (Å²) in [7, 11) is 0. The summed E-state index contributed by atoms with van der Waals surface area (Å²) in [6, 6.07) is 18.1. The maximum atomic E-state index is 12.6. The Morgan fingerprint density at radius 3 is 2.11 bits per heavy atom. The Morgan fingerprint density at radius 2 is 1.56 bits per heavy atom. The minimum absolute atomic E-state index is 0.240. The molecule has 1 heteroatoms. The molecule has 0 saturated heterocycles. The van der Waals surface area contributed by atoms with E-state index in [4.69, 9.17) is 0 Å². The molecule has 18 heavy (non-hydrogen) atoms. The molecule has 0 bridgehead atoms. The van der Waals surface area contributed by atoms with Gasteiger partial charge in [0.05, 0.1) is 5.41 Å². The van der Waals surface area contributed by atoms with Crippen LogP contribution in [-0.2, 0) is 5.41 Å². The third-order valence-corrected chi connectivity index (χ3v) is 3.82. The fourth-order valence-corrected chi connectivity index (χ4v) is 2.51. The van der Waals surface area contributed by atoms with E-state index in [1.165, 1.54) is 5.56 Å². The molecule has 0 aromatic heterocycles. The number of ketones is 1. The van der Waals surface area contributed by atoms with Crippen LogP contribution in [0.25, 0.3) is 0 Å². The zero-order valence-electron chi connectivity index (χ0n) is 10.5. The van der Waals surface area contributed by atoms with Crippen molar-refractivity contribution >= 4 is 5.78 Å². The van der Waals surface area contributed by atoms with Crippen LogP contribution in [0.3, 0.4) is 0 Å². The van der Waals surface area contributed by atoms with Gasteiger partial charge in [-0.05, 0) is 25.3 Å². The van der Waals surface area contributed by atoms with Gasteiger partial charge in [-0.25, -0.2) is 0 Å². The van der Waals surface area contributed by atoms with E-state index in [-0.39, 0.29) is 11.2 Å². The standard InChI is InChI=1S/C17H16O/c1-13-7-9-14(10-8-13)16(18)17(11-12-17)15-5-3-2-4-6-15/h2-10H,11-12H2,1H3. The molecule has 0 aliphatic heterocycles. The smallest absolute Gasteiger partial charge is 0.173 e. The molecule has 3 rings (SSSR count). The molecular weight excluding hydrogens is 220 g/mol. The van der Waals surface area contributed by atoms with Crippen LogP contribution in [0.1, 0.15) is 34.3 Å². The number of rotatable bonds is 3. The lowest BCUT2D eigenvalue weighted by Gasteiger charge is -2.14. The average molecular weight is 236 g/mol. The molecule has 0 N–H and O–H groups in total. The average Bonchev–Trinajstić information content (AvgIpc) is 3.21. The first-order valence-electron chi connectivity index (χ1n) is 6.39. The van der Waals surface area contributed by atoms with Crippen LogP contribution in [0, 0.1) is 6.92 Å². The summed E-state index contributed by atoms with van der Waals surface area (Å²) in [5.74, 6) is 0.272. The van der Waals surface area contributed by atoms with Crippen molar-refractivity contribution < 1.29 is 4.79 Å². The van der Waals surface area contributed by atoms with E-state index in [0.29, 0.717) is 0 Å². The van der Waals surface area contributed by atoms with Gasteiger partial charge in [0.15, 0.2) is 5.78 Å². The van der Waals surface area contributed by atoms with E-state index in [0.717, 1.165) is 24.0 Å². The van der Waals surface area contributed by atoms with Gasteiger partial charge < -0.3 is 0 Å². The Bertz CT molecular complexity index is 562. The molecule has 0 atom stereocenters. The van der Waals surface area contributed by atoms with Crippen molar-refractivity contribution in [2.45, 2.75) is 25.2 Å². The summed E-state index contributed by atoms with van der Waals surface area (Å²) in [5, 5.41) is 0. The molecule has 0 amide bonds. The second kappa shape index (κ2) is 4.09. The van der Waals surface area contributed by atoms with Crippen molar-refractivity contribution in [3.63, 3.8) is 0 Å². The van der Waals surface area contributed by atoms with Crippen molar-refractivity contribution in [1.82, 2.24) is 0 Å². The number of benzene rings is 2. The highest BCUT2D eigenvalue weighted by Gasteiger charge is 2.50. The third-order valence-electron chi connectivity index (χ3n) is 3.82. The number of carbonyl (C=O) groups excluding carboxylic acids is 1. The van der Waals surface area contributed by atoms with Crippen molar-refractivity contribution in [2.75, 3.05) is 0 Å². The van der Waals surface area contributed by atoms with Crippen LogP contribution in [0.4, 0.5) is 0 Å². The molecule has 1 nitrogen and oxygen atoms in total.